The number of ketones is 1. The van der Waals surface area contributed by atoms with Gasteiger partial charge in [-0.3, -0.25) is 4.79 Å². The average Bonchev–Trinajstić information content (AvgIpc) is 2.72. The molecule has 0 aromatic heterocycles. The molecule has 1 aliphatic heterocycles. The Labute approximate surface area is 168 Å². The number of hydrogen-bond donors (Lipinski definition) is 0. The van der Waals surface area contributed by atoms with Crippen molar-refractivity contribution in [1.82, 2.24) is 0 Å². The molecule has 0 aliphatic carbocycles. The van der Waals surface area contributed by atoms with E-state index in [4.69, 9.17) is 16.3 Å². The number of anilines is 1. The molecule has 5 heteroatoms. The lowest BCUT2D eigenvalue weighted by Gasteiger charge is -2.37. The Bertz CT molecular complexity index is 1000. The summed E-state index contributed by atoms with van der Waals surface area (Å²) in [6.07, 6.45) is 0.0294. The summed E-state index contributed by atoms with van der Waals surface area (Å²) in [5.74, 6) is -0.0881. The normalized spacial score (nSPS) is 15.7. The van der Waals surface area contributed by atoms with Crippen molar-refractivity contribution in [1.29, 1.82) is 0 Å². The molecule has 140 valence electrons. The minimum absolute atomic E-state index is 0.0294. The van der Waals surface area contributed by atoms with Crippen LogP contribution >= 0.6 is 11.6 Å². The van der Waals surface area contributed by atoms with Gasteiger partial charge in [0.25, 0.3) is 0 Å². The Balaban J connectivity index is 1.70. The van der Waals surface area contributed by atoms with Gasteiger partial charge in [0, 0.05) is 23.6 Å². The molecule has 0 radical (unpaired) electrons. The highest BCUT2D eigenvalue weighted by molar-refractivity contribution is 6.31. The summed E-state index contributed by atoms with van der Waals surface area (Å²) in [6, 6.07) is 23.2. The smallest absolute Gasteiger partial charge is 0.334 e. The number of rotatable bonds is 5. The quantitative estimate of drug-likeness (QED) is 0.352. The number of Topliss-reactive ketones (excluding diaryl/α,β-unsaturated/α-hetero) is 1. The molecule has 4 rings (SSSR count). The van der Waals surface area contributed by atoms with Gasteiger partial charge in [-0.25, -0.2) is 4.79 Å². The monoisotopic (exact) mass is 391 g/mol. The first-order valence-corrected chi connectivity index (χ1v) is 9.39. The lowest BCUT2D eigenvalue weighted by atomic mass is 10.00. The van der Waals surface area contributed by atoms with E-state index in [1.54, 1.807) is 30.3 Å². The number of halogens is 1. The second kappa shape index (κ2) is 7.87. The standard InChI is InChI=1S/C23H18ClNO3/c24-18-11-12-22-19(13-18)25(15-16-7-3-1-4-8-16)20(23(27)28-22)14-21(26)17-9-5-2-6-10-17/h1-13,20H,14-15H2. The molecule has 0 saturated carbocycles. The van der Waals surface area contributed by atoms with Crippen molar-refractivity contribution < 1.29 is 14.3 Å². The highest BCUT2D eigenvalue weighted by atomic mass is 35.5. The third-order valence-electron chi connectivity index (χ3n) is 4.76. The van der Waals surface area contributed by atoms with Gasteiger partial charge in [-0.2, -0.15) is 0 Å². The van der Waals surface area contributed by atoms with Gasteiger partial charge in [0.2, 0.25) is 0 Å². The molecule has 1 aliphatic rings. The van der Waals surface area contributed by atoms with E-state index in [-0.39, 0.29) is 12.2 Å². The van der Waals surface area contributed by atoms with Crippen LogP contribution in [0.2, 0.25) is 5.02 Å². The zero-order chi connectivity index (χ0) is 19.5. The molecular weight excluding hydrogens is 374 g/mol. The number of esters is 1. The lowest BCUT2D eigenvalue weighted by molar-refractivity contribution is -0.136. The highest BCUT2D eigenvalue weighted by Crippen LogP contribution is 2.38. The number of nitrogens with zero attached hydrogens (tertiary/aromatic N) is 1. The van der Waals surface area contributed by atoms with Crippen LogP contribution in [-0.2, 0) is 11.3 Å². The van der Waals surface area contributed by atoms with Crippen LogP contribution in [0.3, 0.4) is 0 Å². The summed E-state index contributed by atoms with van der Waals surface area (Å²) in [5, 5.41) is 0.544. The Kier molecular flexibility index (Phi) is 5.13. The number of hydrogen-bond acceptors (Lipinski definition) is 4. The Morgan fingerprint density at radius 1 is 0.964 bits per heavy atom. The van der Waals surface area contributed by atoms with E-state index in [1.807, 2.05) is 53.4 Å². The molecule has 0 spiro atoms. The maximum Gasteiger partial charge on any atom is 0.334 e. The first kappa shape index (κ1) is 18.3. The molecule has 3 aromatic carbocycles. The molecule has 0 bridgehead atoms. The maximum atomic E-state index is 12.8. The van der Waals surface area contributed by atoms with E-state index in [9.17, 15) is 9.59 Å². The van der Waals surface area contributed by atoms with Crippen LogP contribution in [0, 0.1) is 0 Å². The topological polar surface area (TPSA) is 46.6 Å². The third kappa shape index (κ3) is 3.78. The maximum absolute atomic E-state index is 12.8. The second-order valence-corrected chi connectivity index (χ2v) is 7.09. The molecule has 4 nitrogen and oxygen atoms in total. The molecular formula is C23H18ClNO3. The Morgan fingerprint density at radius 3 is 2.36 bits per heavy atom. The van der Waals surface area contributed by atoms with E-state index in [1.165, 1.54) is 0 Å². The number of carbonyl (C=O) groups excluding carboxylic acids is 2. The summed E-state index contributed by atoms with van der Waals surface area (Å²) in [4.78, 5) is 27.4. The fourth-order valence-corrected chi connectivity index (χ4v) is 3.53. The van der Waals surface area contributed by atoms with Gasteiger partial charge in [0.15, 0.2) is 11.5 Å². The first-order valence-electron chi connectivity index (χ1n) is 9.02. The van der Waals surface area contributed by atoms with Gasteiger partial charge < -0.3 is 9.64 Å². The molecule has 0 saturated heterocycles. The number of ether oxygens (including phenoxy) is 1. The predicted molar refractivity (Wildman–Crippen MR) is 109 cm³/mol. The molecule has 1 atom stereocenters. The summed E-state index contributed by atoms with van der Waals surface area (Å²) in [5.41, 5.74) is 2.31. The first-order chi connectivity index (χ1) is 13.6. The number of fused-ring (bicyclic) bond motifs is 1. The molecule has 1 heterocycles. The van der Waals surface area contributed by atoms with Crippen molar-refractivity contribution >= 4 is 29.0 Å². The summed E-state index contributed by atoms with van der Waals surface area (Å²) < 4.78 is 5.51. The van der Waals surface area contributed by atoms with Gasteiger partial charge >= 0.3 is 5.97 Å². The number of benzene rings is 3. The van der Waals surface area contributed by atoms with Gasteiger partial charge in [0.05, 0.1) is 5.69 Å². The lowest BCUT2D eigenvalue weighted by Crippen LogP contribution is -2.47. The average molecular weight is 392 g/mol. The van der Waals surface area contributed by atoms with E-state index in [2.05, 4.69) is 0 Å². The number of carbonyl (C=O) groups is 2. The van der Waals surface area contributed by atoms with Crippen LogP contribution in [-0.4, -0.2) is 17.8 Å². The van der Waals surface area contributed by atoms with Gasteiger partial charge in [-0.1, -0.05) is 72.3 Å². The summed E-state index contributed by atoms with van der Waals surface area (Å²) >= 11 is 6.20. The van der Waals surface area contributed by atoms with E-state index in [0.717, 1.165) is 5.56 Å². The van der Waals surface area contributed by atoms with Gasteiger partial charge in [-0.05, 0) is 23.8 Å². The van der Waals surface area contributed by atoms with Crippen LogP contribution in [0.25, 0.3) is 0 Å². The van der Waals surface area contributed by atoms with E-state index in [0.29, 0.717) is 28.6 Å². The minimum Gasteiger partial charge on any atom is -0.423 e. The van der Waals surface area contributed by atoms with Crippen LogP contribution in [0.5, 0.6) is 5.75 Å². The van der Waals surface area contributed by atoms with Crippen LogP contribution in [0.4, 0.5) is 5.69 Å². The van der Waals surface area contributed by atoms with Gasteiger partial charge in [0.1, 0.15) is 6.04 Å². The zero-order valence-corrected chi connectivity index (χ0v) is 15.8. The zero-order valence-electron chi connectivity index (χ0n) is 15.0. The molecule has 0 amide bonds. The predicted octanol–water partition coefficient (Wildman–Crippen LogP) is 4.91. The summed E-state index contributed by atoms with van der Waals surface area (Å²) in [6.45, 7) is 0.468. The molecule has 28 heavy (non-hydrogen) atoms. The van der Waals surface area contributed by atoms with Crippen molar-refractivity contribution in [3.05, 3.63) is 95.0 Å². The molecule has 0 fully saturated rings. The van der Waals surface area contributed by atoms with Crippen molar-refractivity contribution in [2.24, 2.45) is 0 Å². The summed E-state index contributed by atoms with van der Waals surface area (Å²) in [7, 11) is 0. The second-order valence-electron chi connectivity index (χ2n) is 6.66. The fourth-order valence-electron chi connectivity index (χ4n) is 3.36. The van der Waals surface area contributed by atoms with Crippen molar-refractivity contribution in [3.8, 4) is 5.75 Å². The van der Waals surface area contributed by atoms with Crippen LogP contribution < -0.4 is 9.64 Å². The van der Waals surface area contributed by atoms with Crippen molar-refractivity contribution in [2.75, 3.05) is 4.90 Å². The molecule has 3 aromatic rings. The Morgan fingerprint density at radius 2 is 1.64 bits per heavy atom. The van der Waals surface area contributed by atoms with Gasteiger partial charge in [-0.15, -0.1) is 0 Å². The highest BCUT2D eigenvalue weighted by Gasteiger charge is 2.36. The fraction of sp³-hybridized carbons (Fsp3) is 0.130. The van der Waals surface area contributed by atoms with E-state index >= 15 is 0 Å². The van der Waals surface area contributed by atoms with Crippen molar-refractivity contribution in [2.45, 2.75) is 19.0 Å². The molecule has 1 unspecified atom stereocenters. The SMILES string of the molecule is O=C(CC1C(=O)Oc2ccc(Cl)cc2N1Cc1ccccc1)c1ccccc1. The minimum atomic E-state index is -0.723. The van der Waals surface area contributed by atoms with E-state index < -0.39 is 12.0 Å². The van der Waals surface area contributed by atoms with Crippen LogP contribution in [0.1, 0.15) is 22.3 Å². The van der Waals surface area contributed by atoms with Crippen molar-refractivity contribution in [3.63, 3.8) is 0 Å². The largest absolute Gasteiger partial charge is 0.423 e. The van der Waals surface area contributed by atoms with Crippen LogP contribution in [0.15, 0.2) is 78.9 Å². The molecule has 0 N–H and O–H groups in total. The Hall–Kier alpha value is -3.11. The third-order valence-corrected chi connectivity index (χ3v) is 4.99.